The second kappa shape index (κ2) is 10.5. The van der Waals surface area contributed by atoms with Gasteiger partial charge in [0.05, 0.1) is 6.42 Å². The number of primary amides is 1. The zero-order chi connectivity index (χ0) is 26.0. The van der Waals surface area contributed by atoms with Crippen LogP contribution in [-0.2, 0) is 33.8 Å². The van der Waals surface area contributed by atoms with Gasteiger partial charge in [0.25, 0.3) is 0 Å². The molecular formula is C28H30ClN3O3S. The molecule has 1 aromatic heterocycles. The second-order valence-corrected chi connectivity index (χ2v) is 11.5. The summed E-state index contributed by atoms with van der Waals surface area (Å²) in [4.78, 5) is 36.4. The Morgan fingerprint density at radius 1 is 1.06 bits per heavy atom. The molecule has 0 saturated carbocycles. The van der Waals surface area contributed by atoms with Crippen molar-refractivity contribution in [2.75, 3.05) is 5.75 Å². The fourth-order valence-corrected chi connectivity index (χ4v) is 5.83. The second-order valence-electron chi connectivity index (χ2n) is 9.96. The van der Waals surface area contributed by atoms with Gasteiger partial charge in [0, 0.05) is 46.8 Å². The Kier molecular flexibility index (Phi) is 7.62. The Bertz CT molecular complexity index is 1300. The number of fused-ring (bicyclic) bond motifs is 1. The highest BCUT2D eigenvalue weighted by atomic mass is 35.5. The minimum Gasteiger partial charge on any atom is -0.368 e. The van der Waals surface area contributed by atoms with E-state index in [-0.39, 0.29) is 28.6 Å². The lowest BCUT2D eigenvalue weighted by molar-refractivity contribution is -0.125. The van der Waals surface area contributed by atoms with E-state index in [0.717, 1.165) is 52.7 Å². The van der Waals surface area contributed by atoms with Gasteiger partial charge in [0.2, 0.25) is 11.8 Å². The van der Waals surface area contributed by atoms with Gasteiger partial charge in [-0.1, -0.05) is 79.7 Å². The van der Waals surface area contributed by atoms with Crippen LogP contribution in [0.1, 0.15) is 32.2 Å². The number of thioether (sulfide) groups is 1. The summed E-state index contributed by atoms with van der Waals surface area (Å²) in [6, 6.07) is 17.1. The van der Waals surface area contributed by atoms with Gasteiger partial charge < -0.3 is 15.6 Å². The SMILES string of the molecule is CC(=O)N[C@@H](CSC(=O)Cc1c(-c2ccc(Cl)cc2)c(-c2ccccc2)c2n1CC(C)(C)C2)C(N)=O. The minimum absolute atomic E-state index is 0.0603. The molecule has 2 heterocycles. The van der Waals surface area contributed by atoms with Crippen molar-refractivity contribution in [3.8, 4) is 22.3 Å². The molecule has 188 valence electrons. The molecule has 0 fully saturated rings. The van der Waals surface area contributed by atoms with Crippen molar-refractivity contribution in [1.82, 2.24) is 9.88 Å². The standard InChI is InChI=1S/C28H30ClN3O3S/c1-17(33)31-21(27(30)35)15-36-24(34)13-22-25(19-9-11-20(29)12-10-19)26(18-7-5-4-6-8-18)23-14-28(2,3)16-32(22)23/h4-12,21H,13-16H2,1-3H3,(H2,30,35)(H,31,33)/t21-/m0/s1. The van der Waals surface area contributed by atoms with Gasteiger partial charge in [0.1, 0.15) is 6.04 Å². The van der Waals surface area contributed by atoms with E-state index in [2.05, 4.69) is 35.9 Å². The number of carbonyl (C=O) groups excluding carboxylic acids is 3. The molecule has 1 atom stereocenters. The molecule has 8 heteroatoms. The fraction of sp³-hybridized carbons (Fsp3) is 0.321. The number of amides is 2. The predicted octanol–water partition coefficient (Wildman–Crippen LogP) is 4.85. The number of hydrogen-bond acceptors (Lipinski definition) is 4. The van der Waals surface area contributed by atoms with Gasteiger partial charge in [-0.05, 0) is 35.1 Å². The van der Waals surface area contributed by atoms with Crippen molar-refractivity contribution in [3.63, 3.8) is 0 Å². The molecule has 0 radical (unpaired) electrons. The van der Waals surface area contributed by atoms with E-state index in [1.165, 1.54) is 12.6 Å². The summed E-state index contributed by atoms with van der Waals surface area (Å²) in [5.41, 5.74) is 11.9. The lowest BCUT2D eigenvalue weighted by Gasteiger charge is -2.19. The van der Waals surface area contributed by atoms with Crippen LogP contribution in [0.15, 0.2) is 54.6 Å². The quantitative estimate of drug-likeness (QED) is 0.441. The Balaban J connectivity index is 1.76. The molecular weight excluding hydrogens is 494 g/mol. The molecule has 0 aliphatic carbocycles. The van der Waals surface area contributed by atoms with Gasteiger partial charge in [-0.3, -0.25) is 14.4 Å². The Morgan fingerprint density at radius 3 is 2.31 bits per heavy atom. The maximum absolute atomic E-state index is 13.2. The first-order chi connectivity index (χ1) is 17.1. The number of nitrogens with zero attached hydrogens (tertiary/aromatic N) is 1. The first-order valence-electron chi connectivity index (χ1n) is 11.8. The van der Waals surface area contributed by atoms with Crippen molar-refractivity contribution >= 4 is 40.3 Å². The zero-order valence-electron chi connectivity index (χ0n) is 20.6. The zero-order valence-corrected chi connectivity index (χ0v) is 22.2. The lowest BCUT2D eigenvalue weighted by Crippen LogP contribution is -2.45. The van der Waals surface area contributed by atoms with Crippen molar-refractivity contribution < 1.29 is 14.4 Å². The van der Waals surface area contributed by atoms with Gasteiger partial charge in [0.15, 0.2) is 5.12 Å². The first-order valence-corrected chi connectivity index (χ1v) is 13.2. The number of halogens is 1. The summed E-state index contributed by atoms with van der Waals surface area (Å²) in [6.45, 7) is 6.60. The van der Waals surface area contributed by atoms with Crippen molar-refractivity contribution in [2.45, 2.75) is 46.2 Å². The average Bonchev–Trinajstić information content (AvgIpc) is 3.27. The average molecular weight is 524 g/mol. The van der Waals surface area contributed by atoms with E-state index in [9.17, 15) is 14.4 Å². The van der Waals surface area contributed by atoms with Gasteiger partial charge in [-0.15, -0.1) is 0 Å². The van der Waals surface area contributed by atoms with Crippen LogP contribution in [0, 0.1) is 5.41 Å². The summed E-state index contributed by atoms with van der Waals surface area (Å²) in [5.74, 6) is -0.936. The summed E-state index contributed by atoms with van der Waals surface area (Å²) in [5, 5.41) is 3.07. The molecule has 6 nitrogen and oxygen atoms in total. The van der Waals surface area contributed by atoms with E-state index in [1.54, 1.807) is 0 Å². The highest BCUT2D eigenvalue weighted by Crippen LogP contribution is 2.47. The molecule has 0 saturated heterocycles. The molecule has 3 aromatic rings. The number of nitrogens with two attached hydrogens (primary N) is 1. The predicted molar refractivity (Wildman–Crippen MR) is 146 cm³/mol. The molecule has 2 amide bonds. The molecule has 36 heavy (non-hydrogen) atoms. The monoisotopic (exact) mass is 523 g/mol. The van der Waals surface area contributed by atoms with Gasteiger partial charge in [-0.2, -0.15) is 0 Å². The number of benzene rings is 2. The van der Waals surface area contributed by atoms with Crippen molar-refractivity contribution in [1.29, 1.82) is 0 Å². The molecule has 0 unspecified atom stereocenters. The molecule has 1 aliphatic rings. The van der Waals surface area contributed by atoms with Crippen LogP contribution in [-0.4, -0.2) is 33.3 Å². The summed E-state index contributed by atoms with van der Waals surface area (Å²) >= 11 is 7.21. The molecule has 2 aromatic carbocycles. The molecule has 4 rings (SSSR count). The van der Waals surface area contributed by atoms with E-state index >= 15 is 0 Å². The summed E-state index contributed by atoms with van der Waals surface area (Å²) in [7, 11) is 0. The largest absolute Gasteiger partial charge is 0.368 e. The normalized spacial score (nSPS) is 14.8. The Hall–Kier alpha value is -3.03. The fourth-order valence-electron chi connectivity index (χ4n) is 4.86. The van der Waals surface area contributed by atoms with E-state index < -0.39 is 11.9 Å². The first kappa shape index (κ1) is 26.0. The minimum atomic E-state index is -0.899. The molecule has 0 spiro atoms. The summed E-state index contributed by atoms with van der Waals surface area (Å²) in [6.07, 6.45) is 1.08. The van der Waals surface area contributed by atoms with Gasteiger partial charge in [-0.25, -0.2) is 0 Å². The van der Waals surface area contributed by atoms with E-state index in [4.69, 9.17) is 17.3 Å². The Labute approximate surface area is 220 Å². The maximum atomic E-state index is 13.2. The van der Waals surface area contributed by atoms with Crippen LogP contribution in [0.3, 0.4) is 0 Å². The Morgan fingerprint density at radius 2 is 1.69 bits per heavy atom. The summed E-state index contributed by atoms with van der Waals surface area (Å²) < 4.78 is 2.30. The van der Waals surface area contributed by atoms with Crippen LogP contribution in [0.4, 0.5) is 0 Å². The van der Waals surface area contributed by atoms with E-state index in [0.29, 0.717) is 5.02 Å². The third-order valence-electron chi connectivity index (χ3n) is 6.35. The number of hydrogen-bond donors (Lipinski definition) is 2. The third kappa shape index (κ3) is 5.68. The molecule has 3 N–H and O–H groups in total. The van der Waals surface area contributed by atoms with Crippen LogP contribution < -0.4 is 11.1 Å². The van der Waals surface area contributed by atoms with Crippen LogP contribution >= 0.6 is 23.4 Å². The molecule has 0 bridgehead atoms. The lowest BCUT2D eigenvalue weighted by atomic mass is 9.86. The number of aromatic nitrogens is 1. The molecule has 1 aliphatic heterocycles. The third-order valence-corrected chi connectivity index (χ3v) is 7.57. The van der Waals surface area contributed by atoms with Crippen LogP contribution in [0.25, 0.3) is 22.3 Å². The number of nitrogens with one attached hydrogen (secondary N) is 1. The maximum Gasteiger partial charge on any atom is 0.240 e. The number of carbonyl (C=O) groups is 3. The topological polar surface area (TPSA) is 94.2 Å². The highest BCUT2D eigenvalue weighted by Gasteiger charge is 2.36. The van der Waals surface area contributed by atoms with Gasteiger partial charge >= 0.3 is 0 Å². The number of rotatable bonds is 8. The van der Waals surface area contributed by atoms with Crippen molar-refractivity contribution in [2.24, 2.45) is 11.1 Å². The van der Waals surface area contributed by atoms with Crippen molar-refractivity contribution in [3.05, 3.63) is 71.0 Å². The van der Waals surface area contributed by atoms with E-state index in [1.807, 2.05) is 42.5 Å². The highest BCUT2D eigenvalue weighted by molar-refractivity contribution is 8.13. The smallest absolute Gasteiger partial charge is 0.240 e. The van der Waals surface area contributed by atoms with Crippen LogP contribution in [0.2, 0.25) is 5.02 Å². The van der Waals surface area contributed by atoms with Crippen LogP contribution in [0.5, 0.6) is 0 Å².